The van der Waals surface area contributed by atoms with Crippen LogP contribution in [-0.4, -0.2) is 84.6 Å². The number of esters is 1. The van der Waals surface area contributed by atoms with Crippen LogP contribution in [0.3, 0.4) is 0 Å². The van der Waals surface area contributed by atoms with Crippen molar-refractivity contribution >= 4 is 18.0 Å². The normalized spacial score (nSPS) is 21.1. The number of rotatable bonds is 7. The quantitative estimate of drug-likeness (QED) is 0.533. The number of amides is 4. The van der Waals surface area contributed by atoms with Gasteiger partial charge in [-0.15, -0.1) is 0 Å². The molecule has 9 nitrogen and oxygen atoms in total. The standard InChI is InChI=1S/C25H34F3N5O4/c1-5-29-23(35)33-13-12-31(14-16(33)4)15-19-20(22(34)37-7-3)21(30-24(36)32(19)6-2)17-8-10-18(11-9-17)25(26,27)28/h8-11,16,21H,5-7,12-15H2,1-4H3,(H,29,35)(H,30,36)/t16-,21+/m0/s1. The summed E-state index contributed by atoms with van der Waals surface area (Å²) in [5.41, 5.74) is 0.136. The fraction of sp³-hybridized carbons (Fsp3) is 0.560. The van der Waals surface area contributed by atoms with E-state index in [-0.39, 0.29) is 37.3 Å². The number of carbonyl (C=O) groups is 3. The van der Waals surface area contributed by atoms with Crippen LogP contribution in [-0.2, 0) is 15.7 Å². The third-order valence-corrected chi connectivity index (χ3v) is 6.50. The van der Waals surface area contributed by atoms with Crippen LogP contribution in [0.25, 0.3) is 0 Å². The smallest absolute Gasteiger partial charge is 0.416 e. The van der Waals surface area contributed by atoms with Gasteiger partial charge in [-0.05, 0) is 45.4 Å². The Kier molecular flexibility index (Phi) is 9.06. The average molecular weight is 526 g/mol. The first-order valence-corrected chi connectivity index (χ1v) is 12.4. The first-order valence-electron chi connectivity index (χ1n) is 12.4. The molecule has 1 aromatic carbocycles. The van der Waals surface area contributed by atoms with Gasteiger partial charge in [-0.3, -0.25) is 9.80 Å². The summed E-state index contributed by atoms with van der Waals surface area (Å²) in [7, 11) is 0. The fourth-order valence-corrected chi connectivity index (χ4v) is 4.72. The highest BCUT2D eigenvalue weighted by molar-refractivity contribution is 5.95. The fourth-order valence-electron chi connectivity index (χ4n) is 4.72. The first kappa shape index (κ1) is 28.3. The van der Waals surface area contributed by atoms with Crippen molar-refractivity contribution in [3.8, 4) is 0 Å². The molecule has 2 aliphatic heterocycles. The lowest BCUT2D eigenvalue weighted by Gasteiger charge is -2.42. The molecule has 0 aromatic heterocycles. The Bertz CT molecular complexity index is 1030. The van der Waals surface area contributed by atoms with Gasteiger partial charge >= 0.3 is 24.2 Å². The van der Waals surface area contributed by atoms with Gasteiger partial charge in [0.25, 0.3) is 0 Å². The van der Waals surface area contributed by atoms with Crippen molar-refractivity contribution in [3.05, 3.63) is 46.7 Å². The highest BCUT2D eigenvalue weighted by atomic mass is 19.4. The van der Waals surface area contributed by atoms with E-state index >= 15 is 0 Å². The molecule has 2 N–H and O–H groups in total. The minimum atomic E-state index is -4.51. The lowest BCUT2D eigenvalue weighted by atomic mass is 9.93. The SMILES string of the molecule is CCNC(=O)N1CCN(CC2=C(C(=O)OCC)[C@@H](c3ccc(C(F)(F)F)cc3)NC(=O)N2CC)C[C@@H]1C. The Morgan fingerprint density at radius 2 is 1.81 bits per heavy atom. The average Bonchev–Trinajstić information content (AvgIpc) is 2.83. The maximum absolute atomic E-state index is 13.2. The van der Waals surface area contributed by atoms with E-state index in [1.807, 2.05) is 13.8 Å². The Labute approximate surface area is 214 Å². The minimum Gasteiger partial charge on any atom is -0.463 e. The maximum Gasteiger partial charge on any atom is 0.416 e. The van der Waals surface area contributed by atoms with Crippen molar-refractivity contribution in [3.63, 3.8) is 0 Å². The zero-order chi connectivity index (χ0) is 27.3. The van der Waals surface area contributed by atoms with E-state index < -0.39 is 29.8 Å². The van der Waals surface area contributed by atoms with E-state index in [1.165, 1.54) is 17.0 Å². The van der Waals surface area contributed by atoms with Gasteiger partial charge in [-0.2, -0.15) is 13.2 Å². The molecule has 2 heterocycles. The number of hydrogen-bond acceptors (Lipinski definition) is 5. The lowest BCUT2D eigenvalue weighted by Crippen LogP contribution is -2.58. The van der Waals surface area contributed by atoms with Gasteiger partial charge in [0.1, 0.15) is 0 Å². The summed E-state index contributed by atoms with van der Waals surface area (Å²) < 4.78 is 44.6. The van der Waals surface area contributed by atoms with Crippen LogP contribution in [0.2, 0.25) is 0 Å². The molecule has 4 amide bonds. The summed E-state index contributed by atoms with van der Waals surface area (Å²) in [6.07, 6.45) is -4.51. The second-order valence-corrected chi connectivity index (χ2v) is 8.94. The van der Waals surface area contributed by atoms with Crippen LogP contribution < -0.4 is 10.6 Å². The number of likely N-dealkylation sites (N-methyl/N-ethyl adjacent to an activating group) is 1. The van der Waals surface area contributed by atoms with E-state index in [9.17, 15) is 27.6 Å². The summed E-state index contributed by atoms with van der Waals surface area (Å²) in [6.45, 7) is 9.84. The third-order valence-electron chi connectivity index (χ3n) is 6.50. The Hall–Kier alpha value is -3.28. The van der Waals surface area contributed by atoms with Gasteiger partial charge < -0.3 is 20.3 Å². The molecule has 0 spiro atoms. The highest BCUT2D eigenvalue weighted by Crippen LogP contribution is 2.35. The molecule has 0 aliphatic carbocycles. The molecule has 1 fully saturated rings. The van der Waals surface area contributed by atoms with Crippen molar-refractivity contribution in [2.75, 3.05) is 45.9 Å². The molecule has 1 aromatic rings. The molecule has 0 bridgehead atoms. The van der Waals surface area contributed by atoms with Crippen LogP contribution >= 0.6 is 0 Å². The van der Waals surface area contributed by atoms with Gasteiger partial charge in [0.15, 0.2) is 0 Å². The predicted octanol–water partition coefficient (Wildman–Crippen LogP) is 3.34. The Balaban J connectivity index is 1.98. The van der Waals surface area contributed by atoms with Crippen molar-refractivity contribution in [1.82, 2.24) is 25.3 Å². The van der Waals surface area contributed by atoms with Crippen LogP contribution in [0.4, 0.5) is 22.8 Å². The number of alkyl halides is 3. The van der Waals surface area contributed by atoms with E-state index in [4.69, 9.17) is 4.74 Å². The molecular formula is C25H34F3N5O4. The number of urea groups is 2. The van der Waals surface area contributed by atoms with Crippen molar-refractivity contribution in [1.29, 1.82) is 0 Å². The zero-order valence-corrected chi connectivity index (χ0v) is 21.5. The van der Waals surface area contributed by atoms with Crippen molar-refractivity contribution < 1.29 is 32.3 Å². The first-order chi connectivity index (χ1) is 17.5. The van der Waals surface area contributed by atoms with Gasteiger partial charge in [0.2, 0.25) is 0 Å². The summed E-state index contributed by atoms with van der Waals surface area (Å²) in [5.74, 6) is -0.644. The molecule has 3 rings (SSSR count). The van der Waals surface area contributed by atoms with Crippen LogP contribution in [0.15, 0.2) is 35.5 Å². The number of piperazine rings is 1. The highest BCUT2D eigenvalue weighted by Gasteiger charge is 2.39. The van der Waals surface area contributed by atoms with Gasteiger partial charge in [-0.25, -0.2) is 14.4 Å². The molecule has 2 atom stereocenters. The zero-order valence-electron chi connectivity index (χ0n) is 21.5. The van der Waals surface area contributed by atoms with Crippen molar-refractivity contribution in [2.24, 2.45) is 0 Å². The molecule has 12 heteroatoms. The number of nitrogens with one attached hydrogen (secondary N) is 2. The molecule has 37 heavy (non-hydrogen) atoms. The Morgan fingerprint density at radius 1 is 1.14 bits per heavy atom. The number of ether oxygens (including phenoxy) is 1. The summed E-state index contributed by atoms with van der Waals surface area (Å²) >= 11 is 0. The lowest BCUT2D eigenvalue weighted by molar-refractivity contribution is -0.139. The molecule has 1 saturated heterocycles. The number of hydrogen-bond donors (Lipinski definition) is 2. The molecule has 204 valence electrons. The number of nitrogens with zero attached hydrogens (tertiary/aromatic N) is 3. The molecule has 2 aliphatic rings. The molecule has 0 saturated carbocycles. The minimum absolute atomic E-state index is 0.0949. The summed E-state index contributed by atoms with van der Waals surface area (Å²) in [5, 5.41) is 5.56. The number of halogens is 3. The van der Waals surface area contributed by atoms with E-state index in [0.29, 0.717) is 37.4 Å². The molecular weight excluding hydrogens is 491 g/mol. The maximum atomic E-state index is 13.2. The van der Waals surface area contributed by atoms with Crippen molar-refractivity contribution in [2.45, 2.75) is 46.0 Å². The topological polar surface area (TPSA) is 94.2 Å². The monoisotopic (exact) mass is 525 g/mol. The number of carbonyl (C=O) groups excluding carboxylic acids is 3. The predicted molar refractivity (Wildman–Crippen MR) is 130 cm³/mol. The van der Waals surface area contributed by atoms with Gasteiger partial charge in [-0.1, -0.05) is 12.1 Å². The van der Waals surface area contributed by atoms with E-state index in [0.717, 1.165) is 12.1 Å². The summed E-state index contributed by atoms with van der Waals surface area (Å²) in [4.78, 5) is 43.8. The number of benzene rings is 1. The van der Waals surface area contributed by atoms with Crippen LogP contribution in [0.5, 0.6) is 0 Å². The van der Waals surface area contributed by atoms with Crippen LogP contribution in [0.1, 0.15) is 44.9 Å². The summed E-state index contributed by atoms with van der Waals surface area (Å²) in [6, 6.07) is 2.71. The van der Waals surface area contributed by atoms with E-state index in [1.54, 1.807) is 18.7 Å². The second-order valence-electron chi connectivity index (χ2n) is 8.94. The molecule has 0 unspecified atom stereocenters. The Morgan fingerprint density at radius 3 is 2.35 bits per heavy atom. The van der Waals surface area contributed by atoms with Gasteiger partial charge in [0.05, 0.1) is 23.8 Å². The van der Waals surface area contributed by atoms with Crippen LogP contribution in [0, 0.1) is 0 Å². The largest absolute Gasteiger partial charge is 0.463 e. The third kappa shape index (κ3) is 6.35. The van der Waals surface area contributed by atoms with Gasteiger partial charge in [0, 0.05) is 51.0 Å². The molecule has 0 radical (unpaired) electrons. The second kappa shape index (κ2) is 11.8. The van der Waals surface area contributed by atoms with E-state index in [2.05, 4.69) is 15.5 Å².